The summed E-state index contributed by atoms with van der Waals surface area (Å²) in [6.45, 7) is 5.66. The molecule has 0 aliphatic carbocycles. The molecule has 0 aliphatic heterocycles. The van der Waals surface area contributed by atoms with Crippen LogP contribution in [0.15, 0.2) is 15.4 Å². The highest BCUT2D eigenvalue weighted by molar-refractivity contribution is 7.93. The zero-order valence-corrected chi connectivity index (χ0v) is 13.2. The van der Waals surface area contributed by atoms with Crippen LogP contribution in [-0.2, 0) is 23.0 Å². The first kappa shape index (κ1) is 15.0. The molecule has 0 spiro atoms. The quantitative estimate of drug-likeness (QED) is 0.881. The van der Waals surface area contributed by atoms with Crippen LogP contribution in [0.5, 0.6) is 0 Å². The van der Waals surface area contributed by atoms with E-state index in [-0.39, 0.29) is 11.4 Å². The lowest BCUT2D eigenvalue weighted by molar-refractivity contribution is 0.479. The van der Waals surface area contributed by atoms with Crippen LogP contribution < -0.4 is 10.5 Å². The van der Waals surface area contributed by atoms with Gasteiger partial charge in [0, 0.05) is 10.9 Å². The van der Waals surface area contributed by atoms with E-state index in [1.165, 1.54) is 17.4 Å². The SMILES string of the molecule is CCc1nc(NS(=O)(=O)c2cc(CN)oc2C)sc1C. The van der Waals surface area contributed by atoms with Gasteiger partial charge in [-0.25, -0.2) is 13.4 Å². The Kier molecular flexibility index (Phi) is 4.17. The van der Waals surface area contributed by atoms with Crippen molar-refractivity contribution in [2.45, 2.75) is 38.6 Å². The lowest BCUT2D eigenvalue weighted by Crippen LogP contribution is -2.13. The summed E-state index contributed by atoms with van der Waals surface area (Å²) in [7, 11) is -3.70. The summed E-state index contributed by atoms with van der Waals surface area (Å²) in [5.41, 5.74) is 6.35. The van der Waals surface area contributed by atoms with E-state index >= 15 is 0 Å². The summed E-state index contributed by atoms with van der Waals surface area (Å²) in [5, 5.41) is 0.370. The van der Waals surface area contributed by atoms with Crippen molar-refractivity contribution < 1.29 is 12.8 Å². The van der Waals surface area contributed by atoms with Gasteiger partial charge in [-0.15, -0.1) is 11.3 Å². The van der Waals surface area contributed by atoms with Crippen molar-refractivity contribution in [2.75, 3.05) is 4.72 Å². The number of rotatable bonds is 5. The minimum atomic E-state index is -3.70. The molecule has 0 aromatic carbocycles. The Balaban J connectivity index is 2.32. The van der Waals surface area contributed by atoms with E-state index in [4.69, 9.17) is 10.2 Å². The molecule has 2 aromatic heterocycles. The van der Waals surface area contributed by atoms with Crippen molar-refractivity contribution >= 4 is 26.5 Å². The number of sulfonamides is 1. The molecule has 20 heavy (non-hydrogen) atoms. The Morgan fingerprint density at radius 2 is 2.15 bits per heavy atom. The van der Waals surface area contributed by atoms with E-state index in [1.807, 2.05) is 13.8 Å². The lowest BCUT2D eigenvalue weighted by Gasteiger charge is -2.02. The molecule has 0 saturated heterocycles. The minimum absolute atomic E-state index is 0.101. The molecule has 2 heterocycles. The van der Waals surface area contributed by atoms with Crippen LogP contribution >= 0.6 is 11.3 Å². The summed E-state index contributed by atoms with van der Waals surface area (Å²) in [4.78, 5) is 5.38. The van der Waals surface area contributed by atoms with Gasteiger partial charge >= 0.3 is 0 Å². The largest absolute Gasteiger partial charge is 0.464 e. The zero-order chi connectivity index (χ0) is 14.9. The number of hydrogen-bond acceptors (Lipinski definition) is 6. The summed E-state index contributed by atoms with van der Waals surface area (Å²) < 4.78 is 32.4. The third kappa shape index (κ3) is 2.87. The van der Waals surface area contributed by atoms with Gasteiger partial charge < -0.3 is 10.2 Å². The Morgan fingerprint density at radius 1 is 1.45 bits per heavy atom. The van der Waals surface area contributed by atoms with Gasteiger partial charge in [0.2, 0.25) is 0 Å². The van der Waals surface area contributed by atoms with E-state index in [0.717, 1.165) is 17.0 Å². The van der Waals surface area contributed by atoms with Gasteiger partial charge in [-0.3, -0.25) is 4.72 Å². The molecule has 0 fully saturated rings. The average Bonchev–Trinajstić information content (AvgIpc) is 2.92. The van der Waals surface area contributed by atoms with E-state index in [1.54, 1.807) is 6.92 Å². The predicted octanol–water partition coefficient (Wildman–Crippen LogP) is 2.17. The highest BCUT2D eigenvalue weighted by Gasteiger charge is 2.22. The molecule has 3 N–H and O–H groups in total. The summed E-state index contributed by atoms with van der Waals surface area (Å²) in [6.07, 6.45) is 0.770. The molecule has 0 unspecified atom stereocenters. The van der Waals surface area contributed by atoms with Crippen LogP contribution in [0.2, 0.25) is 0 Å². The average molecular weight is 315 g/mol. The molecule has 110 valence electrons. The van der Waals surface area contributed by atoms with Crippen LogP contribution in [0.3, 0.4) is 0 Å². The van der Waals surface area contributed by atoms with Gasteiger partial charge in [0.05, 0.1) is 12.2 Å². The molecule has 0 amide bonds. The first-order valence-corrected chi connectivity index (χ1v) is 8.45. The number of thiazole rings is 1. The van der Waals surface area contributed by atoms with Crippen LogP contribution in [0.1, 0.15) is 29.0 Å². The van der Waals surface area contributed by atoms with Crippen LogP contribution in [0.4, 0.5) is 5.13 Å². The maximum atomic E-state index is 12.3. The first-order chi connectivity index (χ1) is 9.37. The molecule has 0 saturated carbocycles. The third-order valence-electron chi connectivity index (χ3n) is 2.86. The van der Waals surface area contributed by atoms with Crippen molar-refractivity contribution in [3.8, 4) is 0 Å². The Morgan fingerprint density at radius 3 is 2.65 bits per heavy atom. The number of aromatic nitrogens is 1. The highest BCUT2D eigenvalue weighted by Crippen LogP contribution is 2.27. The third-order valence-corrected chi connectivity index (χ3v) is 5.37. The van der Waals surface area contributed by atoms with Gasteiger partial charge in [0.15, 0.2) is 5.13 Å². The number of aryl methyl sites for hydroxylation is 3. The van der Waals surface area contributed by atoms with Gasteiger partial charge in [-0.2, -0.15) is 0 Å². The first-order valence-electron chi connectivity index (χ1n) is 6.16. The number of furan rings is 1. The van der Waals surface area contributed by atoms with Gasteiger partial charge in [0.1, 0.15) is 16.4 Å². The summed E-state index contributed by atoms with van der Waals surface area (Å²) in [6, 6.07) is 1.44. The molecule has 8 heteroatoms. The molecule has 0 radical (unpaired) electrons. The fourth-order valence-corrected chi connectivity index (χ4v) is 4.20. The second-order valence-corrected chi connectivity index (χ2v) is 7.17. The maximum Gasteiger partial charge on any atom is 0.267 e. The fourth-order valence-electron chi connectivity index (χ4n) is 1.86. The predicted molar refractivity (Wildman–Crippen MR) is 78.4 cm³/mol. The topological polar surface area (TPSA) is 98.2 Å². The number of nitrogens with one attached hydrogen (secondary N) is 1. The number of nitrogens with zero attached hydrogens (tertiary/aromatic N) is 1. The number of nitrogens with two attached hydrogens (primary N) is 1. The molecule has 6 nitrogen and oxygen atoms in total. The van der Waals surface area contributed by atoms with Crippen molar-refractivity contribution in [3.05, 3.63) is 28.2 Å². The summed E-state index contributed by atoms with van der Waals surface area (Å²) >= 11 is 1.32. The molecular weight excluding hydrogens is 298 g/mol. The lowest BCUT2D eigenvalue weighted by atomic mass is 10.3. The molecule has 2 rings (SSSR count). The van der Waals surface area contributed by atoms with Crippen molar-refractivity contribution in [3.63, 3.8) is 0 Å². The second kappa shape index (κ2) is 5.55. The molecule has 2 aromatic rings. The molecule has 0 bridgehead atoms. The zero-order valence-electron chi connectivity index (χ0n) is 11.6. The second-order valence-electron chi connectivity index (χ2n) is 4.32. The van der Waals surface area contributed by atoms with E-state index in [2.05, 4.69) is 9.71 Å². The van der Waals surface area contributed by atoms with Crippen molar-refractivity contribution in [2.24, 2.45) is 5.73 Å². The summed E-state index contributed by atoms with van der Waals surface area (Å²) in [5.74, 6) is 0.759. The Bertz CT molecular complexity index is 716. The maximum absolute atomic E-state index is 12.3. The van der Waals surface area contributed by atoms with Crippen LogP contribution in [-0.4, -0.2) is 13.4 Å². The normalized spacial score (nSPS) is 11.8. The monoisotopic (exact) mass is 315 g/mol. The smallest absolute Gasteiger partial charge is 0.267 e. The Hall–Kier alpha value is -1.38. The highest BCUT2D eigenvalue weighted by atomic mass is 32.2. The van der Waals surface area contributed by atoms with E-state index in [9.17, 15) is 8.42 Å². The number of hydrogen-bond donors (Lipinski definition) is 2. The van der Waals surface area contributed by atoms with Crippen molar-refractivity contribution in [1.82, 2.24) is 4.98 Å². The van der Waals surface area contributed by atoms with Crippen molar-refractivity contribution in [1.29, 1.82) is 0 Å². The van der Waals surface area contributed by atoms with Gasteiger partial charge in [0.25, 0.3) is 10.0 Å². The molecule has 0 atom stereocenters. The standard InChI is InChI=1S/C12H17N3O3S2/c1-4-10-8(3)19-12(14-10)15-20(16,17)11-5-9(6-13)18-7(11)2/h5H,4,6,13H2,1-3H3,(H,14,15). The van der Waals surface area contributed by atoms with E-state index in [0.29, 0.717) is 16.7 Å². The van der Waals surface area contributed by atoms with E-state index < -0.39 is 10.0 Å². The molecule has 0 aliphatic rings. The molecular formula is C12H17N3O3S2. The van der Waals surface area contributed by atoms with Gasteiger partial charge in [-0.05, 0) is 20.3 Å². The fraction of sp³-hybridized carbons (Fsp3) is 0.417. The van der Waals surface area contributed by atoms with Crippen LogP contribution in [0.25, 0.3) is 0 Å². The Labute approximate surface area is 122 Å². The van der Waals surface area contributed by atoms with Crippen LogP contribution in [0, 0.1) is 13.8 Å². The number of anilines is 1. The van der Waals surface area contributed by atoms with Gasteiger partial charge in [-0.1, -0.05) is 6.92 Å². The minimum Gasteiger partial charge on any atom is -0.464 e.